The van der Waals surface area contributed by atoms with Gasteiger partial charge in [0.25, 0.3) is 5.91 Å². The van der Waals surface area contributed by atoms with Gasteiger partial charge in [-0.2, -0.15) is 0 Å². The maximum Gasteiger partial charge on any atom is 0.251 e. The first-order chi connectivity index (χ1) is 8.27. The zero-order valence-electron chi connectivity index (χ0n) is 10.2. The molecule has 1 atom stereocenters. The van der Waals surface area contributed by atoms with Crippen molar-refractivity contribution in [3.63, 3.8) is 0 Å². The van der Waals surface area contributed by atoms with E-state index >= 15 is 0 Å². The normalized spacial score (nSPS) is 17.9. The lowest BCUT2D eigenvalue weighted by atomic mass is 10.2. The van der Waals surface area contributed by atoms with Crippen molar-refractivity contribution >= 4 is 5.91 Å². The van der Waals surface area contributed by atoms with Crippen molar-refractivity contribution in [1.82, 2.24) is 15.2 Å². The summed E-state index contributed by atoms with van der Waals surface area (Å²) in [5.74, 6) is -0.0153. The number of nitrogens with zero attached hydrogens (tertiary/aromatic N) is 2. The van der Waals surface area contributed by atoms with E-state index in [1.165, 1.54) is 12.8 Å². The van der Waals surface area contributed by atoms with Gasteiger partial charge in [-0.15, -0.1) is 0 Å². The number of nitrogens with one attached hydrogen (secondary N) is 1. The van der Waals surface area contributed by atoms with Crippen LogP contribution in [0.15, 0.2) is 24.5 Å². The summed E-state index contributed by atoms with van der Waals surface area (Å²) in [5, 5.41) is 2.97. The first-order valence-corrected chi connectivity index (χ1v) is 6.19. The van der Waals surface area contributed by atoms with Gasteiger partial charge in [0.05, 0.1) is 0 Å². The minimum Gasteiger partial charge on any atom is -0.350 e. The van der Waals surface area contributed by atoms with Crippen LogP contribution in [0.1, 0.15) is 30.1 Å². The molecule has 92 valence electrons. The van der Waals surface area contributed by atoms with Crippen LogP contribution in [0, 0.1) is 0 Å². The minimum atomic E-state index is -0.0153. The molecule has 1 N–H and O–H groups in total. The number of carbonyl (C=O) groups excluding carboxylic acids is 1. The molecular weight excluding hydrogens is 214 g/mol. The molecule has 1 aromatic rings. The zero-order chi connectivity index (χ0) is 12.1. The number of amides is 1. The van der Waals surface area contributed by atoms with E-state index in [1.54, 1.807) is 24.5 Å². The van der Waals surface area contributed by atoms with Crippen LogP contribution < -0.4 is 5.32 Å². The molecule has 1 amide bonds. The number of aromatic nitrogens is 1. The molecule has 17 heavy (non-hydrogen) atoms. The lowest BCUT2D eigenvalue weighted by Crippen LogP contribution is -2.40. The monoisotopic (exact) mass is 233 g/mol. The van der Waals surface area contributed by atoms with Crippen molar-refractivity contribution in [3.05, 3.63) is 30.1 Å². The number of hydrogen-bond acceptors (Lipinski definition) is 3. The van der Waals surface area contributed by atoms with E-state index in [2.05, 4.69) is 22.1 Å². The fourth-order valence-corrected chi connectivity index (χ4v) is 2.16. The summed E-state index contributed by atoms with van der Waals surface area (Å²) in [5.41, 5.74) is 0.675. The predicted octanol–water partition coefficient (Wildman–Crippen LogP) is 1.30. The summed E-state index contributed by atoms with van der Waals surface area (Å²) in [4.78, 5) is 18.1. The highest BCUT2D eigenvalue weighted by atomic mass is 16.1. The Bertz CT molecular complexity index is 360. The Hall–Kier alpha value is -1.42. The second-order valence-electron chi connectivity index (χ2n) is 4.54. The van der Waals surface area contributed by atoms with E-state index in [4.69, 9.17) is 0 Å². The fourth-order valence-electron chi connectivity index (χ4n) is 2.16. The van der Waals surface area contributed by atoms with Crippen LogP contribution in [-0.2, 0) is 0 Å². The molecular formula is C13H19N3O. The number of pyridine rings is 1. The highest BCUT2D eigenvalue weighted by molar-refractivity contribution is 5.93. The van der Waals surface area contributed by atoms with E-state index in [9.17, 15) is 4.79 Å². The Labute approximate surface area is 102 Å². The van der Waals surface area contributed by atoms with Crippen LogP contribution in [0.3, 0.4) is 0 Å². The predicted molar refractivity (Wildman–Crippen MR) is 66.8 cm³/mol. The number of rotatable bonds is 4. The minimum absolute atomic E-state index is 0.0153. The average Bonchev–Trinajstić information content (AvgIpc) is 2.90. The molecule has 4 heteroatoms. The maximum atomic E-state index is 11.8. The summed E-state index contributed by atoms with van der Waals surface area (Å²) >= 11 is 0. The van der Waals surface area contributed by atoms with Gasteiger partial charge in [-0.25, -0.2) is 0 Å². The lowest BCUT2D eigenvalue weighted by molar-refractivity contribution is 0.0940. The molecule has 2 heterocycles. The molecule has 0 aromatic carbocycles. The SMILES string of the molecule is C[C@@H](CNC(=O)c1ccncc1)N1CCCC1. The molecule has 0 spiro atoms. The van der Waals surface area contributed by atoms with Gasteiger partial charge in [-0.1, -0.05) is 0 Å². The molecule has 2 rings (SSSR count). The third kappa shape index (κ3) is 3.27. The van der Waals surface area contributed by atoms with Crippen molar-refractivity contribution < 1.29 is 4.79 Å². The van der Waals surface area contributed by atoms with Crippen LogP contribution in [0.5, 0.6) is 0 Å². The quantitative estimate of drug-likeness (QED) is 0.852. The molecule has 1 aliphatic rings. The molecule has 4 nitrogen and oxygen atoms in total. The van der Waals surface area contributed by atoms with E-state index < -0.39 is 0 Å². The van der Waals surface area contributed by atoms with Crippen LogP contribution in [0.25, 0.3) is 0 Å². The Balaban J connectivity index is 1.80. The van der Waals surface area contributed by atoms with Crippen LogP contribution in [-0.4, -0.2) is 41.5 Å². The summed E-state index contributed by atoms with van der Waals surface area (Å²) in [6.45, 7) is 5.19. The summed E-state index contributed by atoms with van der Waals surface area (Å²) in [6, 6.07) is 3.88. The zero-order valence-corrected chi connectivity index (χ0v) is 10.2. The van der Waals surface area contributed by atoms with Gasteiger partial charge < -0.3 is 5.32 Å². The van der Waals surface area contributed by atoms with E-state index in [-0.39, 0.29) is 5.91 Å². The smallest absolute Gasteiger partial charge is 0.251 e. The van der Waals surface area contributed by atoms with Gasteiger partial charge in [-0.05, 0) is 45.0 Å². The number of hydrogen-bond donors (Lipinski definition) is 1. The van der Waals surface area contributed by atoms with Crippen molar-refractivity contribution in [2.75, 3.05) is 19.6 Å². The van der Waals surface area contributed by atoms with Gasteiger partial charge in [0.2, 0.25) is 0 Å². The first-order valence-electron chi connectivity index (χ1n) is 6.19. The molecule has 1 saturated heterocycles. The molecule has 0 aliphatic carbocycles. The van der Waals surface area contributed by atoms with Crippen LogP contribution in [0.2, 0.25) is 0 Å². The third-order valence-electron chi connectivity index (χ3n) is 3.26. The van der Waals surface area contributed by atoms with Gasteiger partial charge in [0.1, 0.15) is 0 Å². The molecule has 1 fully saturated rings. The average molecular weight is 233 g/mol. The topological polar surface area (TPSA) is 45.2 Å². The fraction of sp³-hybridized carbons (Fsp3) is 0.538. The Kier molecular flexibility index (Phi) is 4.09. The largest absolute Gasteiger partial charge is 0.350 e. The van der Waals surface area contributed by atoms with Gasteiger partial charge in [-0.3, -0.25) is 14.7 Å². The molecule has 1 aromatic heterocycles. The van der Waals surface area contributed by atoms with E-state index in [0.717, 1.165) is 13.1 Å². The van der Waals surface area contributed by atoms with Crippen molar-refractivity contribution in [2.45, 2.75) is 25.8 Å². The van der Waals surface area contributed by atoms with E-state index in [1.807, 2.05) is 0 Å². The first kappa shape index (κ1) is 12.0. The van der Waals surface area contributed by atoms with Gasteiger partial charge >= 0.3 is 0 Å². The van der Waals surface area contributed by atoms with Crippen LogP contribution in [0.4, 0.5) is 0 Å². The second-order valence-corrected chi connectivity index (χ2v) is 4.54. The van der Waals surface area contributed by atoms with Gasteiger partial charge in [0.15, 0.2) is 0 Å². The molecule has 0 unspecified atom stereocenters. The summed E-state index contributed by atoms with van der Waals surface area (Å²) in [7, 11) is 0. The van der Waals surface area contributed by atoms with Crippen molar-refractivity contribution in [3.8, 4) is 0 Å². The number of likely N-dealkylation sites (tertiary alicyclic amines) is 1. The molecule has 0 bridgehead atoms. The molecule has 0 saturated carbocycles. The van der Waals surface area contributed by atoms with Gasteiger partial charge in [0, 0.05) is 30.5 Å². The maximum absolute atomic E-state index is 11.8. The van der Waals surface area contributed by atoms with Crippen molar-refractivity contribution in [1.29, 1.82) is 0 Å². The standard InChI is InChI=1S/C13H19N3O/c1-11(16-8-2-3-9-16)10-15-13(17)12-4-6-14-7-5-12/h4-7,11H,2-3,8-10H2,1H3,(H,15,17)/t11-/m0/s1. The second kappa shape index (κ2) is 5.77. The summed E-state index contributed by atoms with van der Waals surface area (Å²) < 4.78 is 0. The highest BCUT2D eigenvalue weighted by Gasteiger charge is 2.18. The van der Waals surface area contributed by atoms with Crippen LogP contribution >= 0.6 is 0 Å². The highest BCUT2D eigenvalue weighted by Crippen LogP contribution is 2.10. The molecule has 1 aliphatic heterocycles. The third-order valence-corrected chi connectivity index (χ3v) is 3.26. The van der Waals surface area contributed by atoms with Crippen molar-refractivity contribution in [2.24, 2.45) is 0 Å². The molecule has 0 radical (unpaired) electrons. The lowest BCUT2D eigenvalue weighted by Gasteiger charge is -2.23. The number of carbonyl (C=O) groups is 1. The summed E-state index contributed by atoms with van der Waals surface area (Å²) in [6.07, 6.45) is 5.84. The Morgan fingerprint density at radius 1 is 1.41 bits per heavy atom. The Morgan fingerprint density at radius 3 is 2.71 bits per heavy atom. The Morgan fingerprint density at radius 2 is 2.06 bits per heavy atom. The van der Waals surface area contributed by atoms with E-state index in [0.29, 0.717) is 18.2 Å².